The van der Waals surface area contributed by atoms with Gasteiger partial charge < -0.3 is 0 Å². The van der Waals surface area contributed by atoms with Crippen molar-refractivity contribution < 1.29 is 0 Å². The van der Waals surface area contributed by atoms with E-state index in [0.29, 0.717) is 5.92 Å². The maximum atomic E-state index is 4.29. The molecular formula is C8H13N2Se. The molecule has 0 aliphatic rings. The van der Waals surface area contributed by atoms with Gasteiger partial charge in [0.2, 0.25) is 0 Å². The van der Waals surface area contributed by atoms with Crippen molar-refractivity contribution in [3.63, 3.8) is 0 Å². The first-order chi connectivity index (χ1) is 5.04. The first-order valence-electron chi connectivity index (χ1n) is 3.74. The summed E-state index contributed by atoms with van der Waals surface area (Å²) >= 11 is 2.98. The molecule has 0 aromatic carbocycles. The molecular weight excluding hydrogens is 203 g/mol. The topological polar surface area (TPSA) is 17.8 Å². The molecule has 1 radical (unpaired) electrons. The zero-order valence-electron chi connectivity index (χ0n) is 7.38. The second kappa shape index (κ2) is 3.00. The summed E-state index contributed by atoms with van der Waals surface area (Å²) in [5, 5.41) is 4.29. The van der Waals surface area contributed by atoms with E-state index in [4.69, 9.17) is 0 Å². The van der Waals surface area contributed by atoms with Crippen molar-refractivity contribution in [3.8, 4) is 0 Å². The van der Waals surface area contributed by atoms with Crippen molar-refractivity contribution >= 4 is 20.6 Å². The molecule has 1 aromatic heterocycles. The van der Waals surface area contributed by atoms with Crippen LogP contribution in [0, 0.1) is 6.92 Å². The van der Waals surface area contributed by atoms with E-state index in [1.54, 1.807) is 0 Å². The van der Waals surface area contributed by atoms with Crippen molar-refractivity contribution in [2.75, 3.05) is 0 Å². The van der Waals surface area contributed by atoms with Gasteiger partial charge in [0, 0.05) is 0 Å². The van der Waals surface area contributed by atoms with Crippen molar-refractivity contribution in [1.29, 1.82) is 0 Å². The van der Waals surface area contributed by atoms with E-state index >= 15 is 0 Å². The second-order valence-corrected chi connectivity index (χ2v) is 3.89. The Hall–Kier alpha value is -0.271. The molecule has 0 fully saturated rings. The van der Waals surface area contributed by atoms with Crippen LogP contribution in [0.15, 0.2) is 0 Å². The molecule has 1 aromatic rings. The van der Waals surface area contributed by atoms with E-state index in [2.05, 4.69) is 41.9 Å². The van der Waals surface area contributed by atoms with Crippen molar-refractivity contribution in [2.24, 2.45) is 7.05 Å². The Labute approximate surface area is 75.8 Å². The van der Waals surface area contributed by atoms with E-state index < -0.39 is 0 Å². The third kappa shape index (κ3) is 1.49. The average molecular weight is 216 g/mol. The number of hydrogen-bond acceptors (Lipinski definition) is 1. The molecule has 0 saturated carbocycles. The molecule has 0 atom stereocenters. The van der Waals surface area contributed by atoms with E-state index in [0.717, 1.165) is 4.59 Å². The first kappa shape index (κ1) is 8.82. The molecule has 61 valence electrons. The van der Waals surface area contributed by atoms with Gasteiger partial charge in [-0.15, -0.1) is 0 Å². The molecule has 0 aliphatic heterocycles. The first-order valence-corrected chi connectivity index (χ1v) is 4.60. The van der Waals surface area contributed by atoms with Crippen molar-refractivity contribution in [2.45, 2.75) is 26.7 Å². The van der Waals surface area contributed by atoms with Crippen molar-refractivity contribution in [3.05, 3.63) is 11.3 Å². The minimum atomic E-state index is 0.556. The van der Waals surface area contributed by atoms with Gasteiger partial charge in [0.25, 0.3) is 0 Å². The third-order valence-electron chi connectivity index (χ3n) is 1.92. The number of aromatic nitrogens is 2. The summed E-state index contributed by atoms with van der Waals surface area (Å²) in [6.45, 7) is 6.47. The molecule has 0 amide bonds. The Bertz CT molecular complexity index is 263. The van der Waals surface area contributed by atoms with Gasteiger partial charge in [0.15, 0.2) is 0 Å². The molecule has 0 aliphatic carbocycles. The van der Waals surface area contributed by atoms with E-state index in [-0.39, 0.29) is 0 Å². The molecule has 0 saturated heterocycles. The summed E-state index contributed by atoms with van der Waals surface area (Å²) in [6, 6.07) is 0. The summed E-state index contributed by atoms with van der Waals surface area (Å²) in [5.41, 5.74) is 2.60. The third-order valence-corrected chi connectivity index (χ3v) is 2.56. The Balaban J connectivity index is 3.22. The Morgan fingerprint density at radius 2 is 2.00 bits per heavy atom. The fourth-order valence-corrected chi connectivity index (χ4v) is 2.32. The fourth-order valence-electron chi connectivity index (χ4n) is 1.26. The van der Waals surface area contributed by atoms with Crippen LogP contribution in [0.4, 0.5) is 0 Å². The Morgan fingerprint density at radius 3 is 2.18 bits per heavy atom. The average Bonchev–Trinajstić information content (AvgIpc) is 2.07. The molecule has 0 bridgehead atoms. The fraction of sp³-hybridized carbons (Fsp3) is 0.625. The van der Waals surface area contributed by atoms with Crippen LogP contribution in [0.2, 0.25) is 0 Å². The van der Waals surface area contributed by atoms with Crippen LogP contribution < -0.4 is 4.59 Å². The summed E-state index contributed by atoms with van der Waals surface area (Å²) in [5.74, 6) is 0.556. The van der Waals surface area contributed by atoms with Crippen molar-refractivity contribution in [1.82, 2.24) is 9.78 Å². The van der Waals surface area contributed by atoms with Gasteiger partial charge in [0.05, 0.1) is 0 Å². The van der Waals surface area contributed by atoms with E-state index in [9.17, 15) is 0 Å². The monoisotopic (exact) mass is 217 g/mol. The zero-order chi connectivity index (χ0) is 8.59. The second-order valence-electron chi connectivity index (χ2n) is 3.08. The van der Waals surface area contributed by atoms with Gasteiger partial charge in [-0.25, -0.2) is 0 Å². The predicted octanol–water partition coefficient (Wildman–Crippen LogP) is 0.646. The molecule has 0 unspecified atom stereocenters. The van der Waals surface area contributed by atoms with Crippen LogP contribution >= 0.6 is 0 Å². The van der Waals surface area contributed by atoms with Crippen LogP contribution in [-0.2, 0) is 7.05 Å². The number of hydrogen-bond donors (Lipinski definition) is 0. The summed E-state index contributed by atoms with van der Waals surface area (Å²) < 4.78 is 2.96. The van der Waals surface area contributed by atoms with Crippen LogP contribution in [0.3, 0.4) is 0 Å². The number of aryl methyl sites for hydroxylation is 1. The predicted molar refractivity (Wildman–Crippen MR) is 47.4 cm³/mol. The van der Waals surface area contributed by atoms with Crippen LogP contribution in [0.1, 0.15) is 31.0 Å². The molecule has 0 N–H and O–H groups in total. The normalized spacial score (nSPS) is 11.0. The van der Waals surface area contributed by atoms with Crippen LogP contribution in [0.5, 0.6) is 0 Å². The molecule has 1 heterocycles. The van der Waals surface area contributed by atoms with Gasteiger partial charge >= 0.3 is 75.4 Å². The molecule has 2 nitrogen and oxygen atoms in total. The van der Waals surface area contributed by atoms with Gasteiger partial charge in [-0.2, -0.15) is 0 Å². The number of rotatable bonds is 1. The molecule has 3 heteroatoms. The van der Waals surface area contributed by atoms with Gasteiger partial charge in [-0.05, 0) is 0 Å². The summed E-state index contributed by atoms with van der Waals surface area (Å²) in [6.07, 6.45) is 0. The van der Waals surface area contributed by atoms with Crippen LogP contribution in [-0.4, -0.2) is 25.8 Å². The van der Waals surface area contributed by atoms with Gasteiger partial charge in [-0.3, -0.25) is 0 Å². The summed E-state index contributed by atoms with van der Waals surface area (Å²) in [4.78, 5) is 0. The van der Waals surface area contributed by atoms with Gasteiger partial charge in [-0.1, -0.05) is 0 Å². The summed E-state index contributed by atoms with van der Waals surface area (Å²) in [7, 11) is 1.97. The molecule has 11 heavy (non-hydrogen) atoms. The van der Waals surface area contributed by atoms with E-state index in [1.807, 2.05) is 11.7 Å². The molecule has 1 rings (SSSR count). The molecule has 0 spiro atoms. The zero-order valence-corrected chi connectivity index (χ0v) is 9.09. The minimum absolute atomic E-state index is 0.556. The van der Waals surface area contributed by atoms with Gasteiger partial charge in [0.1, 0.15) is 0 Å². The standard InChI is InChI=1S/C8H13N2Se/c1-5(2)7-6(3)10(4)9-8(7)11/h5H,1-4H3. The quantitative estimate of drug-likeness (QED) is 0.630. The Morgan fingerprint density at radius 1 is 1.45 bits per heavy atom. The van der Waals surface area contributed by atoms with E-state index in [1.165, 1.54) is 11.3 Å². The SMILES string of the molecule is Cc1c(C(C)C)c([Se])nn1C. The number of nitrogens with zero attached hydrogens (tertiary/aromatic N) is 2. The van der Waals surface area contributed by atoms with Crippen LogP contribution in [0.25, 0.3) is 0 Å². The Kier molecular flexibility index (Phi) is 2.40. The maximum absolute atomic E-state index is 4.29.